The molecule has 0 bridgehead atoms. The van der Waals surface area contributed by atoms with E-state index in [0.717, 1.165) is 0 Å². The summed E-state index contributed by atoms with van der Waals surface area (Å²) in [5.74, 6) is -2.56. The molecule has 0 aliphatic heterocycles. The first-order valence-electron chi connectivity index (χ1n) is 3.31. The van der Waals surface area contributed by atoms with Crippen LogP contribution >= 0.6 is 43.6 Å². The van der Waals surface area contributed by atoms with Gasteiger partial charge in [-0.3, -0.25) is 0 Å². The Balaban J connectivity index is 3.21. The molecule has 0 spiro atoms. The standard InChI is InChI=1S/C7HBr2F5S/c8-4-3(15-7(12,13)14)1-2(10)6(11)5(4)9/h1H. The first-order chi connectivity index (χ1) is 6.72. The van der Waals surface area contributed by atoms with E-state index >= 15 is 0 Å². The van der Waals surface area contributed by atoms with Crippen molar-refractivity contribution < 1.29 is 22.0 Å². The summed E-state index contributed by atoms with van der Waals surface area (Å²) in [5, 5.41) is 0. The Morgan fingerprint density at radius 2 is 1.60 bits per heavy atom. The van der Waals surface area contributed by atoms with Gasteiger partial charge in [0.05, 0.1) is 4.47 Å². The van der Waals surface area contributed by atoms with Crippen LogP contribution in [-0.2, 0) is 0 Å². The van der Waals surface area contributed by atoms with E-state index in [1.54, 1.807) is 0 Å². The van der Waals surface area contributed by atoms with Gasteiger partial charge in [0.25, 0.3) is 0 Å². The third-order valence-electron chi connectivity index (χ3n) is 1.29. The minimum absolute atomic E-state index is 0.163. The highest BCUT2D eigenvalue weighted by Gasteiger charge is 2.31. The van der Waals surface area contributed by atoms with Gasteiger partial charge in [0.2, 0.25) is 0 Å². The molecule has 1 aromatic rings. The molecule has 15 heavy (non-hydrogen) atoms. The molecule has 0 fully saturated rings. The van der Waals surface area contributed by atoms with Crippen LogP contribution in [-0.4, -0.2) is 5.51 Å². The largest absolute Gasteiger partial charge is 0.446 e. The zero-order valence-electron chi connectivity index (χ0n) is 6.63. The number of thioether (sulfide) groups is 1. The Morgan fingerprint density at radius 1 is 1.07 bits per heavy atom. The van der Waals surface area contributed by atoms with Gasteiger partial charge in [-0.25, -0.2) is 8.78 Å². The van der Waals surface area contributed by atoms with Crippen molar-refractivity contribution in [3.05, 3.63) is 26.6 Å². The molecule has 0 N–H and O–H groups in total. The minimum atomic E-state index is -4.55. The highest BCUT2D eigenvalue weighted by Crippen LogP contribution is 2.43. The number of rotatable bonds is 1. The van der Waals surface area contributed by atoms with Crippen LogP contribution in [0.4, 0.5) is 22.0 Å². The van der Waals surface area contributed by atoms with Crippen molar-refractivity contribution in [1.29, 1.82) is 0 Å². The molecular formula is C7HBr2F5S. The average molecular weight is 372 g/mol. The molecule has 0 aliphatic rings. The fourth-order valence-corrected chi connectivity index (χ4v) is 2.42. The summed E-state index contributed by atoms with van der Waals surface area (Å²) in [6, 6.07) is 0.488. The van der Waals surface area contributed by atoms with Gasteiger partial charge in [0.1, 0.15) is 0 Å². The molecule has 0 saturated heterocycles. The summed E-state index contributed by atoms with van der Waals surface area (Å²) in [4.78, 5) is -0.437. The van der Waals surface area contributed by atoms with E-state index in [4.69, 9.17) is 0 Å². The van der Waals surface area contributed by atoms with Crippen LogP contribution in [0.1, 0.15) is 0 Å². The predicted octanol–water partition coefficient (Wildman–Crippen LogP) is 5.10. The number of benzene rings is 1. The van der Waals surface area contributed by atoms with Crippen LogP contribution in [0.3, 0.4) is 0 Å². The zero-order chi connectivity index (χ0) is 11.8. The summed E-state index contributed by atoms with van der Waals surface area (Å²) in [6.07, 6.45) is 0. The molecule has 0 saturated carbocycles. The Kier molecular flexibility index (Phi) is 4.05. The molecular weight excluding hydrogens is 371 g/mol. The number of hydrogen-bond acceptors (Lipinski definition) is 1. The zero-order valence-corrected chi connectivity index (χ0v) is 10.6. The van der Waals surface area contributed by atoms with Crippen molar-refractivity contribution in [2.24, 2.45) is 0 Å². The molecule has 0 nitrogen and oxygen atoms in total. The SMILES string of the molecule is Fc1cc(SC(F)(F)F)c(Br)c(Br)c1F. The van der Waals surface area contributed by atoms with Crippen LogP contribution in [0.15, 0.2) is 19.9 Å². The third-order valence-corrected chi connectivity index (χ3v) is 4.43. The van der Waals surface area contributed by atoms with E-state index in [1.165, 1.54) is 0 Å². The molecule has 84 valence electrons. The number of halogens is 7. The lowest BCUT2D eigenvalue weighted by Gasteiger charge is -2.09. The maximum absolute atomic E-state index is 12.9. The first-order valence-corrected chi connectivity index (χ1v) is 5.71. The maximum Gasteiger partial charge on any atom is 0.446 e. The van der Waals surface area contributed by atoms with Gasteiger partial charge in [0.15, 0.2) is 11.6 Å². The molecule has 1 aromatic carbocycles. The maximum atomic E-state index is 12.9. The van der Waals surface area contributed by atoms with Crippen molar-refractivity contribution in [2.75, 3.05) is 0 Å². The summed E-state index contributed by atoms with van der Waals surface area (Å²) < 4.78 is 61.1. The molecule has 0 aliphatic carbocycles. The molecule has 0 radical (unpaired) electrons. The summed E-state index contributed by atoms with van der Waals surface area (Å²) in [5.41, 5.74) is -4.55. The lowest BCUT2D eigenvalue weighted by atomic mass is 10.3. The average Bonchev–Trinajstić information content (AvgIpc) is 2.08. The van der Waals surface area contributed by atoms with E-state index in [-0.39, 0.29) is 8.95 Å². The summed E-state index contributed by atoms with van der Waals surface area (Å²) in [7, 11) is 0. The highest BCUT2D eigenvalue weighted by atomic mass is 79.9. The molecule has 0 aromatic heterocycles. The van der Waals surface area contributed by atoms with Crippen molar-refractivity contribution in [2.45, 2.75) is 10.4 Å². The van der Waals surface area contributed by atoms with Crippen LogP contribution in [0.5, 0.6) is 0 Å². The van der Waals surface area contributed by atoms with Gasteiger partial charge in [-0.05, 0) is 49.7 Å². The first kappa shape index (κ1) is 13.2. The molecule has 0 atom stereocenters. The van der Waals surface area contributed by atoms with Gasteiger partial charge in [-0.2, -0.15) is 13.2 Å². The lowest BCUT2D eigenvalue weighted by molar-refractivity contribution is -0.0328. The Morgan fingerprint density at radius 3 is 2.07 bits per heavy atom. The third kappa shape index (κ3) is 3.32. The van der Waals surface area contributed by atoms with Gasteiger partial charge in [0, 0.05) is 9.37 Å². The van der Waals surface area contributed by atoms with Gasteiger partial charge in [-0.15, -0.1) is 0 Å². The topological polar surface area (TPSA) is 0 Å². The van der Waals surface area contributed by atoms with E-state index in [9.17, 15) is 22.0 Å². The number of hydrogen-bond donors (Lipinski definition) is 0. The highest BCUT2D eigenvalue weighted by molar-refractivity contribution is 9.13. The second kappa shape index (κ2) is 4.58. The molecule has 1 rings (SSSR count). The van der Waals surface area contributed by atoms with Crippen LogP contribution in [0, 0.1) is 11.6 Å². The Bertz CT molecular complexity index is 390. The molecule has 8 heteroatoms. The lowest BCUT2D eigenvalue weighted by Crippen LogP contribution is -2.01. The van der Waals surface area contributed by atoms with Crippen LogP contribution in [0.25, 0.3) is 0 Å². The monoisotopic (exact) mass is 370 g/mol. The Labute approximate surface area is 102 Å². The van der Waals surface area contributed by atoms with Crippen molar-refractivity contribution in [3.63, 3.8) is 0 Å². The molecule has 0 amide bonds. The van der Waals surface area contributed by atoms with E-state index in [2.05, 4.69) is 31.9 Å². The minimum Gasteiger partial charge on any atom is -0.204 e. The molecule has 0 heterocycles. The van der Waals surface area contributed by atoms with Crippen molar-refractivity contribution >= 4 is 43.6 Å². The van der Waals surface area contributed by atoms with Crippen molar-refractivity contribution in [1.82, 2.24) is 0 Å². The number of alkyl halides is 3. The van der Waals surface area contributed by atoms with Gasteiger partial charge >= 0.3 is 5.51 Å². The second-order valence-corrected chi connectivity index (χ2v) is 5.04. The summed E-state index contributed by atoms with van der Waals surface area (Å²) in [6.45, 7) is 0. The second-order valence-electron chi connectivity index (χ2n) is 2.35. The van der Waals surface area contributed by atoms with E-state index in [1.807, 2.05) is 0 Å². The van der Waals surface area contributed by atoms with Gasteiger partial charge in [-0.1, -0.05) is 0 Å². The Hall–Kier alpha value is 0.180. The van der Waals surface area contributed by atoms with Crippen molar-refractivity contribution in [3.8, 4) is 0 Å². The van der Waals surface area contributed by atoms with Crippen LogP contribution in [0.2, 0.25) is 0 Å². The fourth-order valence-electron chi connectivity index (χ4n) is 0.750. The quantitative estimate of drug-likeness (QED) is 0.286. The van der Waals surface area contributed by atoms with Crippen LogP contribution < -0.4 is 0 Å². The normalized spacial score (nSPS) is 11.9. The fraction of sp³-hybridized carbons (Fsp3) is 0.143. The summed E-state index contributed by atoms with van der Waals surface area (Å²) >= 11 is 4.87. The smallest absolute Gasteiger partial charge is 0.204 e. The van der Waals surface area contributed by atoms with E-state index in [0.29, 0.717) is 6.07 Å². The van der Waals surface area contributed by atoms with Gasteiger partial charge < -0.3 is 0 Å². The van der Waals surface area contributed by atoms with E-state index < -0.39 is 33.8 Å². The predicted molar refractivity (Wildman–Crippen MR) is 53.7 cm³/mol. The molecule has 0 unspecified atom stereocenters.